The number of aldehydes is 1. The second kappa shape index (κ2) is 2.88. The molecule has 12 heavy (non-hydrogen) atoms. The Bertz CT molecular complexity index is 212. The fraction of sp³-hybridized carbons (Fsp3) is 0.778. The summed E-state index contributed by atoms with van der Waals surface area (Å²) >= 11 is 0. The fourth-order valence-electron chi connectivity index (χ4n) is 1.86. The summed E-state index contributed by atoms with van der Waals surface area (Å²) in [6.07, 6.45) is 4.36. The predicted molar refractivity (Wildman–Crippen MR) is 41.4 cm³/mol. The lowest BCUT2D eigenvalue weighted by atomic mass is 10.0. The quantitative estimate of drug-likeness (QED) is 0.455. The van der Waals surface area contributed by atoms with Gasteiger partial charge in [0.2, 0.25) is 0 Å². The number of esters is 1. The van der Waals surface area contributed by atoms with Crippen LogP contribution in [0.4, 0.5) is 0 Å². The monoisotopic (exact) mass is 168 g/mol. The molecule has 1 saturated heterocycles. The maximum atomic E-state index is 10.9. The minimum atomic E-state index is -0.0946. The van der Waals surface area contributed by atoms with Crippen LogP contribution in [0.25, 0.3) is 0 Å². The highest BCUT2D eigenvalue weighted by atomic mass is 16.5. The van der Waals surface area contributed by atoms with Gasteiger partial charge in [-0.15, -0.1) is 0 Å². The van der Waals surface area contributed by atoms with Crippen LogP contribution in [0.3, 0.4) is 0 Å². The molecule has 0 amide bonds. The van der Waals surface area contributed by atoms with Gasteiger partial charge >= 0.3 is 5.97 Å². The number of carbonyl (C=O) groups is 2. The smallest absolute Gasteiger partial charge is 0.306 e. The van der Waals surface area contributed by atoms with E-state index in [0.29, 0.717) is 12.3 Å². The Morgan fingerprint density at radius 3 is 2.92 bits per heavy atom. The first-order chi connectivity index (χ1) is 5.81. The third kappa shape index (κ3) is 1.36. The molecule has 3 atom stereocenters. The van der Waals surface area contributed by atoms with Crippen molar-refractivity contribution in [2.75, 3.05) is 0 Å². The maximum Gasteiger partial charge on any atom is 0.306 e. The van der Waals surface area contributed by atoms with E-state index < -0.39 is 0 Å². The summed E-state index contributed by atoms with van der Waals surface area (Å²) in [5.41, 5.74) is 0. The van der Waals surface area contributed by atoms with Crippen molar-refractivity contribution in [2.24, 2.45) is 11.8 Å². The average molecular weight is 168 g/mol. The van der Waals surface area contributed by atoms with Gasteiger partial charge in [-0.2, -0.15) is 0 Å². The summed E-state index contributed by atoms with van der Waals surface area (Å²) in [6.45, 7) is 0. The number of carbonyl (C=O) groups excluding carboxylic acids is 2. The lowest BCUT2D eigenvalue weighted by molar-refractivity contribution is -0.155. The maximum absolute atomic E-state index is 10.9. The third-order valence-corrected chi connectivity index (χ3v) is 2.70. The van der Waals surface area contributed by atoms with Crippen molar-refractivity contribution in [3.63, 3.8) is 0 Å². The molecule has 66 valence electrons. The molecule has 1 saturated carbocycles. The van der Waals surface area contributed by atoms with Crippen molar-refractivity contribution < 1.29 is 14.3 Å². The fourth-order valence-corrected chi connectivity index (χ4v) is 1.86. The standard InChI is InChI=1S/C9H12O3/c10-5-6-4-7(6)8-2-1-3-9(11)12-8/h5-8H,1-4H2/t6-,7+,8-/m0/s1. The largest absolute Gasteiger partial charge is 0.462 e. The highest BCUT2D eigenvalue weighted by Crippen LogP contribution is 2.43. The van der Waals surface area contributed by atoms with E-state index >= 15 is 0 Å². The van der Waals surface area contributed by atoms with Crippen LogP contribution in [0.1, 0.15) is 25.7 Å². The summed E-state index contributed by atoms with van der Waals surface area (Å²) in [5.74, 6) is 0.412. The minimum Gasteiger partial charge on any atom is -0.462 e. The highest BCUT2D eigenvalue weighted by Gasteiger charge is 2.45. The Hall–Kier alpha value is -0.860. The Kier molecular flexibility index (Phi) is 1.87. The van der Waals surface area contributed by atoms with Crippen LogP contribution in [0.15, 0.2) is 0 Å². The molecule has 0 radical (unpaired) electrons. The van der Waals surface area contributed by atoms with Crippen molar-refractivity contribution in [1.82, 2.24) is 0 Å². The SMILES string of the molecule is O=C[C@@H]1C[C@H]1[C@@H]1CCCC(=O)O1. The zero-order valence-electron chi connectivity index (χ0n) is 6.86. The molecule has 1 aliphatic heterocycles. The second-order valence-corrected chi connectivity index (χ2v) is 3.62. The zero-order valence-corrected chi connectivity index (χ0v) is 6.86. The Morgan fingerprint density at radius 2 is 2.33 bits per heavy atom. The topological polar surface area (TPSA) is 43.4 Å². The normalized spacial score (nSPS) is 40.3. The van der Waals surface area contributed by atoms with Gasteiger partial charge in [0.15, 0.2) is 0 Å². The third-order valence-electron chi connectivity index (χ3n) is 2.70. The van der Waals surface area contributed by atoms with Crippen molar-refractivity contribution in [1.29, 1.82) is 0 Å². The molecule has 2 rings (SSSR count). The average Bonchev–Trinajstić information content (AvgIpc) is 2.83. The summed E-state index contributed by atoms with van der Waals surface area (Å²) in [5, 5.41) is 0. The summed E-state index contributed by atoms with van der Waals surface area (Å²) in [7, 11) is 0. The molecule has 2 fully saturated rings. The van der Waals surface area contributed by atoms with Gasteiger partial charge in [0, 0.05) is 18.3 Å². The zero-order chi connectivity index (χ0) is 8.55. The van der Waals surface area contributed by atoms with E-state index in [4.69, 9.17) is 4.74 Å². The molecular formula is C9H12O3. The summed E-state index contributed by atoms with van der Waals surface area (Å²) < 4.78 is 5.14. The van der Waals surface area contributed by atoms with Crippen LogP contribution in [-0.2, 0) is 14.3 Å². The van der Waals surface area contributed by atoms with Gasteiger partial charge in [0.05, 0.1) is 0 Å². The molecular weight excluding hydrogens is 156 g/mol. The number of hydrogen-bond acceptors (Lipinski definition) is 3. The molecule has 0 aromatic heterocycles. The van der Waals surface area contributed by atoms with Crippen LogP contribution in [-0.4, -0.2) is 18.4 Å². The van der Waals surface area contributed by atoms with Crippen LogP contribution in [0, 0.1) is 11.8 Å². The van der Waals surface area contributed by atoms with Crippen molar-refractivity contribution in [2.45, 2.75) is 31.8 Å². The predicted octanol–water partition coefficient (Wildman–Crippen LogP) is 0.917. The molecule has 1 heterocycles. The minimum absolute atomic E-state index is 0.0430. The first-order valence-corrected chi connectivity index (χ1v) is 4.46. The Labute approximate surface area is 71.1 Å². The molecule has 2 aliphatic rings. The molecule has 0 aromatic carbocycles. The van der Waals surface area contributed by atoms with Gasteiger partial charge in [0.25, 0.3) is 0 Å². The van der Waals surface area contributed by atoms with E-state index in [1.807, 2.05) is 0 Å². The van der Waals surface area contributed by atoms with E-state index in [-0.39, 0.29) is 18.0 Å². The van der Waals surface area contributed by atoms with E-state index in [9.17, 15) is 9.59 Å². The van der Waals surface area contributed by atoms with Crippen LogP contribution < -0.4 is 0 Å². The number of hydrogen-bond donors (Lipinski definition) is 0. The number of cyclic esters (lactones) is 1. The van der Waals surface area contributed by atoms with E-state index in [1.165, 1.54) is 0 Å². The molecule has 1 aliphatic carbocycles. The van der Waals surface area contributed by atoms with E-state index in [2.05, 4.69) is 0 Å². The first kappa shape index (κ1) is 7.77. The van der Waals surface area contributed by atoms with E-state index in [0.717, 1.165) is 25.5 Å². The lowest BCUT2D eigenvalue weighted by Gasteiger charge is -2.21. The van der Waals surface area contributed by atoms with Gasteiger partial charge in [-0.25, -0.2) is 0 Å². The Balaban J connectivity index is 1.88. The van der Waals surface area contributed by atoms with Crippen molar-refractivity contribution in [3.8, 4) is 0 Å². The van der Waals surface area contributed by atoms with Gasteiger partial charge < -0.3 is 9.53 Å². The van der Waals surface area contributed by atoms with Crippen LogP contribution in [0.5, 0.6) is 0 Å². The summed E-state index contributed by atoms with van der Waals surface area (Å²) in [6, 6.07) is 0. The number of rotatable bonds is 2. The lowest BCUT2D eigenvalue weighted by Crippen LogP contribution is -2.25. The second-order valence-electron chi connectivity index (χ2n) is 3.62. The van der Waals surface area contributed by atoms with Gasteiger partial charge in [-0.3, -0.25) is 4.79 Å². The highest BCUT2D eigenvalue weighted by molar-refractivity contribution is 5.70. The van der Waals surface area contributed by atoms with Gasteiger partial charge in [0.1, 0.15) is 12.4 Å². The summed E-state index contributed by atoms with van der Waals surface area (Å²) in [4.78, 5) is 21.3. The van der Waals surface area contributed by atoms with Gasteiger partial charge in [-0.05, 0) is 19.3 Å². The Morgan fingerprint density at radius 1 is 1.50 bits per heavy atom. The molecule has 0 N–H and O–H groups in total. The van der Waals surface area contributed by atoms with Crippen LogP contribution in [0.2, 0.25) is 0 Å². The molecule has 0 bridgehead atoms. The number of ether oxygens (including phenoxy) is 1. The first-order valence-electron chi connectivity index (χ1n) is 4.46. The molecule has 3 nitrogen and oxygen atoms in total. The van der Waals surface area contributed by atoms with Crippen molar-refractivity contribution in [3.05, 3.63) is 0 Å². The van der Waals surface area contributed by atoms with Crippen molar-refractivity contribution >= 4 is 12.3 Å². The molecule has 0 aromatic rings. The van der Waals surface area contributed by atoms with E-state index in [1.54, 1.807) is 0 Å². The van der Waals surface area contributed by atoms with Crippen LogP contribution >= 0.6 is 0 Å². The van der Waals surface area contributed by atoms with Gasteiger partial charge in [-0.1, -0.05) is 0 Å². The molecule has 3 heteroatoms. The molecule has 0 spiro atoms. The molecule has 0 unspecified atom stereocenters.